The zero-order chi connectivity index (χ0) is 40.0. The highest BCUT2D eigenvalue weighted by molar-refractivity contribution is 7.26. The molecule has 0 bridgehead atoms. The molecule has 9 aromatic carbocycles. The van der Waals surface area contributed by atoms with Gasteiger partial charge in [-0.25, -0.2) is 4.98 Å². The standard InChI is InChI=1S/C57H35N3S/c1-3-14-36(15-4-1)45-35-56(58-49-22-10-7-18-42(45)49)60-51-24-12-9-20-44(51)46-32-37(26-29-53(46)60)38-28-31-54-48(33-38)57-41(21-13-25-55(57)61-54)39-27-30-52-47(34-39)43-19-8-11-23-50(43)59(52)40-16-5-2-6-17-40/h1-35H. The topological polar surface area (TPSA) is 22.8 Å². The van der Waals surface area contributed by atoms with Crippen LogP contribution in [0.2, 0.25) is 0 Å². The molecule has 0 fully saturated rings. The Morgan fingerprint density at radius 2 is 0.902 bits per heavy atom. The first kappa shape index (κ1) is 34.1. The van der Waals surface area contributed by atoms with Crippen molar-refractivity contribution in [3.8, 4) is 44.9 Å². The van der Waals surface area contributed by atoms with Gasteiger partial charge in [0.05, 0.1) is 27.6 Å². The van der Waals surface area contributed by atoms with Gasteiger partial charge in [-0.05, 0) is 112 Å². The van der Waals surface area contributed by atoms with Crippen LogP contribution in [0.1, 0.15) is 0 Å². The van der Waals surface area contributed by atoms with E-state index in [4.69, 9.17) is 4.98 Å². The number of rotatable bonds is 5. The summed E-state index contributed by atoms with van der Waals surface area (Å²) in [5.74, 6) is 0.915. The molecule has 0 radical (unpaired) electrons. The van der Waals surface area contributed by atoms with E-state index in [2.05, 4.69) is 221 Å². The predicted octanol–water partition coefficient (Wildman–Crippen LogP) is 15.8. The summed E-state index contributed by atoms with van der Waals surface area (Å²) >= 11 is 1.87. The second-order valence-electron chi connectivity index (χ2n) is 15.9. The first-order chi connectivity index (χ1) is 30.2. The van der Waals surface area contributed by atoms with Gasteiger partial charge in [0.2, 0.25) is 0 Å². The third kappa shape index (κ3) is 5.26. The van der Waals surface area contributed by atoms with Crippen LogP contribution in [0.25, 0.3) is 120 Å². The number of aromatic nitrogens is 3. The Morgan fingerprint density at radius 1 is 0.328 bits per heavy atom. The quantitative estimate of drug-likeness (QED) is 0.170. The van der Waals surface area contributed by atoms with Crippen LogP contribution in [0.3, 0.4) is 0 Å². The Morgan fingerprint density at radius 3 is 1.67 bits per heavy atom. The van der Waals surface area contributed by atoms with Crippen molar-refractivity contribution in [1.29, 1.82) is 0 Å². The number of thiophene rings is 1. The first-order valence-corrected chi connectivity index (χ1v) is 21.6. The van der Waals surface area contributed by atoms with Crippen molar-refractivity contribution in [1.82, 2.24) is 14.1 Å². The molecule has 61 heavy (non-hydrogen) atoms. The van der Waals surface area contributed by atoms with Crippen molar-refractivity contribution in [3.63, 3.8) is 0 Å². The van der Waals surface area contributed by atoms with Gasteiger partial charge >= 0.3 is 0 Å². The maximum absolute atomic E-state index is 5.28. The second-order valence-corrected chi connectivity index (χ2v) is 17.0. The molecule has 0 aliphatic rings. The molecule has 4 heterocycles. The van der Waals surface area contributed by atoms with Gasteiger partial charge in [0.25, 0.3) is 0 Å². The number of pyridine rings is 1. The maximum atomic E-state index is 5.28. The van der Waals surface area contributed by atoms with Crippen LogP contribution in [0, 0.1) is 0 Å². The Balaban J connectivity index is 0.969. The Kier molecular flexibility index (Phi) is 7.47. The van der Waals surface area contributed by atoms with Crippen molar-refractivity contribution in [2.24, 2.45) is 0 Å². The molecule has 0 spiro atoms. The minimum atomic E-state index is 0.915. The molecule has 3 nitrogen and oxygen atoms in total. The van der Waals surface area contributed by atoms with Crippen molar-refractivity contribution >= 4 is 86.0 Å². The summed E-state index contributed by atoms with van der Waals surface area (Å²) < 4.78 is 7.31. The summed E-state index contributed by atoms with van der Waals surface area (Å²) in [6.45, 7) is 0. The molecular weight excluding hydrogens is 759 g/mol. The summed E-state index contributed by atoms with van der Waals surface area (Å²) in [5.41, 5.74) is 14.1. The predicted molar refractivity (Wildman–Crippen MR) is 260 cm³/mol. The van der Waals surface area contributed by atoms with Crippen LogP contribution in [0.5, 0.6) is 0 Å². The first-order valence-electron chi connectivity index (χ1n) is 20.8. The molecule has 0 saturated carbocycles. The highest BCUT2D eigenvalue weighted by Gasteiger charge is 2.19. The smallest absolute Gasteiger partial charge is 0.138 e. The van der Waals surface area contributed by atoms with Crippen LogP contribution in [0.15, 0.2) is 212 Å². The van der Waals surface area contributed by atoms with E-state index >= 15 is 0 Å². The molecule has 0 N–H and O–H groups in total. The highest BCUT2D eigenvalue weighted by Crippen LogP contribution is 2.44. The minimum absolute atomic E-state index is 0.915. The van der Waals surface area contributed by atoms with E-state index in [1.165, 1.54) is 91.8 Å². The van der Waals surface area contributed by atoms with Gasteiger partial charge in [0.1, 0.15) is 5.82 Å². The van der Waals surface area contributed by atoms with Crippen molar-refractivity contribution in [2.75, 3.05) is 0 Å². The largest absolute Gasteiger partial charge is 0.309 e. The van der Waals surface area contributed by atoms with Crippen LogP contribution in [-0.4, -0.2) is 14.1 Å². The van der Waals surface area contributed by atoms with Crippen LogP contribution in [0.4, 0.5) is 0 Å². The molecule has 0 atom stereocenters. The van der Waals surface area contributed by atoms with Gasteiger partial charge in [-0.3, -0.25) is 4.57 Å². The van der Waals surface area contributed by atoms with Crippen LogP contribution >= 0.6 is 11.3 Å². The van der Waals surface area contributed by atoms with Gasteiger partial charge in [0.15, 0.2) is 0 Å². The number of fused-ring (bicyclic) bond motifs is 10. The molecule has 13 aromatic rings. The summed E-state index contributed by atoms with van der Waals surface area (Å²) in [5, 5.41) is 8.69. The lowest BCUT2D eigenvalue weighted by Gasteiger charge is -2.13. The fourth-order valence-electron chi connectivity index (χ4n) is 9.77. The molecule has 13 rings (SSSR count). The minimum Gasteiger partial charge on any atom is -0.309 e. The SMILES string of the molecule is c1ccc(-c2cc(-n3c4ccccc4c4cc(-c5ccc6sc7cccc(-c8ccc9c(c8)c8ccccc8n9-c8ccccc8)c7c6c5)ccc43)nc3ccccc23)cc1. The zero-order valence-corrected chi connectivity index (χ0v) is 33.8. The van der Waals surface area contributed by atoms with E-state index in [1.54, 1.807) is 0 Å². The Labute approximate surface area is 355 Å². The number of nitrogens with zero attached hydrogens (tertiary/aromatic N) is 3. The lowest BCUT2D eigenvalue weighted by Crippen LogP contribution is -1.99. The molecule has 4 heteroatoms. The molecule has 4 aromatic heterocycles. The lowest BCUT2D eigenvalue weighted by molar-refractivity contribution is 1.10. The van der Waals surface area contributed by atoms with E-state index in [1.807, 2.05) is 11.3 Å². The molecule has 0 amide bonds. The molecule has 0 aliphatic carbocycles. The average molecular weight is 794 g/mol. The average Bonchev–Trinajstić information content (AvgIpc) is 3.99. The normalized spacial score (nSPS) is 11.9. The molecule has 284 valence electrons. The summed E-state index contributed by atoms with van der Waals surface area (Å²) in [7, 11) is 0. The fraction of sp³-hybridized carbons (Fsp3) is 0. The van der Waals surface area contributed by atoms with Crippen molar-refractivity contribution in [2.45, 2.75) is 0 Å². The number of hydrogen-bond donors (Lipinski definition) is 0. The number of para-hydroxylation sites is 4. The molecular formula is C57H35N3S. The van der Waals surface area contributed by atoms with Crippen molar-refractivity contribution < 1.29 is 0 Å². The maximum Gasteiger partial charge on any atom is 0.138 e. The summed E-state index contributed by atoms with van der Waals surface area (Å²) in [6, 6.07) is 77.3. The van der Waals surface area contributed by atoms with Crippen LogP contribution < -0.4 is 0 Å². The van der Waals surface area contributed by atoms with Gasteiger partial charge < -0.3 is 4.57 Å². The van der Waals surface area contributed by atoms with Gasteiger partial charge in [-0.15, -0.1) is 11.3 Å². The third-order valence-electron chi connectivity index (χ3n) is 12.5. The zero-order valence-electron chi connectivity index (χ0n) is 33.0. The fourth-order valence-corrected chi connectivity index (χ4v) is 10.9. The number of benzene rings is 9. The second kappa shape index (κ2) is 13.4. The summed E-state index contributed by atoms with van der Waals surface area (Å²) in [6.07, 6.45) is 0. The van der Waals surface area contributed by atoms with Gasteiger partial charge in [-0.2, -0.15) is 0 Å². The van der Waals surface area contributed by atoms with Crippen molar-refractivity contribution in [3.05, 3.63) is 212 Å². The van der Waals surface area contributed by atoms with E-state index in [0.717, 1.165) is 27.8 Å². The highest BCUT2D eigenvalue weighted by atomic mass is 32.1. The van der Waals surface area contributed by atoms with E-state index < -0.39 is 0 Å². The molecule has 0 aliphatic heterocycles. The number of hydrogen-bond acceptors (Lipinski definition) is 2. The van der Waals surface area contributed by atoms with Gasteiger partial charge in [-0.1, -0.05) is 133 Å². The third-order valence-corrected chi connectivity index (χ3v) is 13.7. The van der Waals surface area contributed by atoms with Crippen LogP contribution in [-0.2, 0) is 0 Å². The Bertz CT molecular complexity index is 3870. The van der Waals surface area contributed by atoms with E-state index in [0.29, 0.717) is 0 Å². The van der Waals surface area contributed by atoms with Gasteiger partial charge in [0, 0.05) is 52.8 Å². The van der Waals surface area contributed by atoms with E-state index in [9.17, 15) is 0 Å². The summed E-state index contributed by atoms with van der Waals surface area (Å²) in [4.78, 5) is 5.28. The lowest BCUT2D eigenvalue weighted by atomic mass is 9.96. The molecule has 0 unspecified atom stereocenters. The molecule has 0 saturated heterocycles. The Hall–Kier alpha value is -7.79. The van der Waals surface area contributed by atoms with E-state index in [-0.39, 0.29) is 0 Å². The monoisotopic (exact) mass is 793 g/mol.